The molecule has 2 rings (SSSR count). The van der Waals surface area contributed by atoms with Gasteiger partial charge in [-0.05, 0) is 13.3 Å². The predicted octanol–water partition coefficient (Wildman–Crippen LogP) is 1.06. The van der Waals surface area contributed by atoms with Crippen LogP contribution < -0.4 is 0 Å². The second kappa shape index (κ2) is 4.46. The van der Waals surface area contributed by atoms with E-state index < -0.39 is 10.0 Å². The van der Waals surface area contributed by atoms with Crippen molar-refractivity contribution in [3.05, 3.63) is 12.5 Å². The molecule has 2 heterocycles. The van der Waals surface area contributed by atoms with Gasteiger partial charge in [0.25, 0.3) is 10.0 Å². The van der Waals surface area contributed by atoms with Crippen LogP contribution in [0, 0.1) is 0 Å². The van der Waals surface area contributed by atoms with Crippen LogP contribution in [0.25, 0.3) is 0 Å². The Balaban J connectivity index is 2.25. The number of aryl methyl sites for hydroxylation is 1. The first kappa shape index (κ1) is 12.1. The first-order valence-electron chi connectivity index (χ1n) is 5.20. The molecule has 1 atom stereocenters. The molecule has 0 aromatic carbocycles. The van der Waals surface area contributed by atoms with Crippen LogP contribution in [0.2, 0.25) is 0 Å². The van der Waals surface area contributed by atoms with Crippen molar-refractivity contribution in [1.82, 2.24) is 13.9 Å². The van der Waals surface area contributed by atoms with E-state index in [9.17, 15) is 8.42 Å². The Bertz CT molecular complexity index is 471. The average Bonchev–Trinajstić information content (AvgIpc) is 2.85. The van der Waals surface area contributed by atoms with Crippen molar-refractivity contribution >= 4 is 26.0 Å². The summed E-state index contributed by atoms with van der Waals surface area (Å²) in [6.45, 7) is 3.77. The highest BCUT2D eigenvalue weighted by Gasteiger charge is 2.32. The molecule has 0 N–H and O–H groups in total. The minimum absolute atomic E-state index is 0.149. The SMILES string of the molecule is CCn1cnc(S(=O)(=O)N2CCC(Br)C2)c1. The molecule has 0 amide bonds. The van der Waals surface area contributed by atoms with Gasteiger partial charge < -0.3 is 4.57 Å². The monoisotopic (exact) mass is 307 g/mol. The summed E-state index contributed by atoms with van der Waals surface area (Å²) < 4.78 is 27.5. The quantitative estimate of drug-likeness (QED) is 0.785. The largest absolute Gasteiger partial charge is 0.336 e. The van der Waals surface area contributed by atoms with Gasteiger partial charge in [0.2, 0.25) is 0 Å². The Hall–Kier alpha value is -0.400. The summed E-state index contributed by atoms with van der Waals surface area (Å²) in [5.41, 5.74) is 0. The zero-order chi connectivity index (χ0) is 11.8. The minimum atomic E-state index is -3.39. The summed E-state index contributed by atoms with van der Waals surface area (Å²) in [6, 6.07) is 0. The maximum Gasteiger partial charge on any atom is 0.262 e. The number of hydrogen-bond acceptors (Lipinski definition) is 3. The van der Waals surface area contributed by atoms with E-state index in [0.29, 0.717) is 13.1 Å². The van der Waals surface area contributed by atoms with E-state index in [4.69, 9.17) is 0 Å². The second-order valence-corrected chi connectivity index (χ2v) is 6.97. The van der Waals surface area contributed by atoms with Gasteiger partial charge in [-0.3, -0.25) is 0 Å². The highest BCUT2D eigenvalue weighted by molar-refractivity contribution is 9.09. The van der Waals surface area contributed by atoms with Crippen molar-refractivity contribution in [2.75, 3.05) is 13.1 Å². The number of halogens is 1. The number of rotatable bonds is 3. The van der Waals surface area contributed by atoms with Gasteiger partial charge in [0.1, 0.15) is 0 Å². The van der Waals surface area contributed by atoms with Crippen LogP contribution in [0.1, 0.15) is 13.3 Å². The van der Waals surface area contributed by atoms with Crippen LogP contribution >= 0.6 is 15.9 Å². The number of alkyl halides is 1. The standard InChI is InChI=1S/C9H14BrN3O2S/c1-2-12-6-9(11-7-12)16(14,15)13-4-3-8(10)5-13/h6-8H,2-5H2,1H3. The van der Waals surface area contributed by atoms with E-state index in [0.717, 1.165) is 13.0 Å². The summed E-state index contributed by atoms with van der Waals surface area (Å²) in [7, 11) is -3.39. The molecule has 0 aliphatic carbocycles. The molecule has 0 saturated carbocycles. The van der Waals surface area contributed by atoms with Gasteiger partial charge in [-0.15, -0.1) is 0 Å². The second-order valence-electron chi connectivity index (χ2n) is 3.79. The molecule has 1 saturated heterocycles. The normalized spacial score (nSPS) is 22.8. The molecule has 1 aliphatic rings. The van der Waals surface area contributed by atoms with E-state index >= 15 is 0 Å². The van der Waals surface area contributed by atoms with Crippen molar-refractivity contribution < 1.29 is 8.42 Å². The third-order valence-electron chi connectivity index (χ3n) is 2.67. The lowest BCUT2D eigenvalue weighted by Crippen LogP contribution is -2.29. The molecule has 16 heavy (non-hydrogen) atoms. The lowest BCUT2D eigenvalue weighted by Gasteiger charge is -2.13. The Labute approximate surface area is 104 Å². The molecule has 1 fully saturated rings. The van der Waals surface area contributed by atoms with Gasteiger partial charge in [-0.2, -0.15) is 4.31 Å². The Kier molecular flexibility index (Phi) is 3.37. The molecule has 7 heteroatoms. The number of aromatic nitrogens is 2. The zero-order valence-corrected chi connectivity index (χ0v) is 11.4. The van der Waals surface area contributed by atoms with Crippen molar-refractivity contribution in [2.24, 2.45) is 0 Å². The maximum absolute atomic E-state index is 12.1. The van der Waals surface area contributed by atoms with Gasteiger partial charge in [0.15, 0.2) is 5.03 Å². The van der Waals surface area contributed by atoms with Gasteiger partial charge in [0.05, 0.1) is 6.33 Å². The summed E-state index contributed by atoms with van der Waals surface area (Å²) in [6.07, 6.45) is 3.99. The van der Waals surface area contributed by atoms with Gasteiger partial charge in [-0.25, -0.2) is 13.4 Å². The van der Waals surface area contributed by atoms with Crippen molar-refractivity contribution in [1.29, 1.82) is 0 Å². The first-order valence-corrected chi connectivity index (χ1v) is 7.55. The Morgan fingerprint density at radius 3 is 2.88 bits per heavy atom. The fourth-order valence-electron chi connectivity index (χ4n) is 1.68. The van der Waals surface area contributed by atoms with Gasteiger partial charge in [-0.1, -0.05) is 15.9 Å². The lowest BCUT2D eigenvalue weighted by molar-refractivity contribution is 0.475. The lowest BCUT2D eigenvalue weighted by atomic mass is 10.4. The van der Waals surface area contributed by atoms with Crippen molar-refractivity contribution in [2.45, 2.75) is 29.7 Å². The summed E-state index contributed by atoms with van der Waals surface area (Å²) in [4.78, 5) is 4.21. The first-order chi connectivity index (χ1) is 7.54. The predicted molar refractivity (Wildman–Crippen MR) is 64.0 cm³/mol. The van der Waals surface area contributed by atoms with E-state index in [1.165, 1.54) is 4.31 Å². The van der Waals surface area contributed by atoms with E-state index in [1.807, 2.05) is 6.92 Å². The van der Waals surface area contributed by atoms with E-state index in [1.54, 1.807) is 17.1 Å². The van der Waals surface area contributed by atoms with Crippen LogP contribution in [-0.4, -0.2) is 40.2 Å². The number of imidazole rings is 1. The van der Waals surface area contributed by atoms with E-state index in [2.05, 4.69) is 20.9 Å². The molecule has 1 unspecified atom stereocenters. The summed E-state index contributed by atoms with van der Waals surface area (Å²) in [5.74, 6) is 0. The fraction of sp³-hybridized carbons (Fsp3) is 0.667. The van der Waals surface area contributed by atoms with Crippen LogP contribution in [0.3, 0.4) is 0 Å². The topological polar surface area (TPSA) is 55.2 Å². The van der Waals surface area contributed by atoms with Crippen molar-refractivity contribution in [3.63, 3.8) is 0 Å². The zero-order valence-electron chi connectivity index (χ0n) is 9.00. The molecular formula is C9H14BrN3O2S. The minimum Gasteiger partial charge on any atom is -0.336 e. The van der Waals surface area contributed by atoms with Crippen LogP contribution in [-0.2, 0) is 16.6 Å². The van der Waals surface area contributed by atoms with Crippen LogP contribution in [0.5, 0.6) is 0 Å². The molecule has 0 bridgehead atoms. The van der Waals surface area contributed by atoms with Crippen LogP contribution in [0.4, 0.5) is 0 Å². The molecular weight excluding hydrogens is 294 g/mol. The summed E-state index contributed by atoms with van der Waals surface area (Å²) in [5, 5.41) is 0.149. The van der Waals surface area contributed by atoms with Gasteiger partial charge in [0, 0.05) is 30.7 Å². The summed E-state index contributed by atoms with van der Waals surface area (Å²) >= 11 is 3.43. The number of sulfonamides is 1. The number of nitrogens with zero attached hydrogens (tertiary/aromatic N) is 3. The van der Waals surface area contributed by atoms with Crippen LogP contribution in [0.15, 0.2) is 17.6 Å². The molecule has 5 nitrogen and oxygen atoms in total. The highest BCUT2D eigenvalue weighted by Crippen LogP contribution is 2.23. The molecule has 1 aliphatic heterocycles. The Morgan fingerprint density at radius 2 is 2.38 bits per heavy atom. The fourth-order valence-corrected chi connectivity index (χ4v) is 3.87. The van der Waals surface area contributed by atoms with E-state index in [-0.39, 0.29) is 9.85 Å². The third-order valence-corrected chi connectivity index (χ3v) is 5.17. The molecule has 1 aromatic rings. The smallest absolute Gasteiger partial charge is 0.262 e. The average molecular weight is 308 g/mol. The Morgan fingerprint density at radius 1 is 1.62 bits per heavy atom. The molecule has 0 spiro atoms. The van der Waals surface area contributed by atoms with Gasteiger partial charge >= 0.3 is 0 Å². The molecule has 1 aromatic heterocycles. The maximum atomic E-state index is 12.1. The molecule has 0 radical (unpaired) electrons. The molecule has 90 valence electrons. The van der Waals surface area contributed by atoms with Crippen molar-refractivity contribution in [3.8, 4) is 0 Å². The highest BCUT2D eigenvalue weighted by atomic mass is 79.9. The third kappa shape index (κ3) is 2.16. The number of hydrogen-bond donors (Lipinski definition) is 0.